The van der Waals surface area contributed by atoms with Gasteiger partial charge in [-0.25, -0.2) is 0 Å². The Labute approximate surface area is 184 Å². The van der Waals surface area contributed by atoms with Crippen LogP contribution in [-0.4, -0.2) is 38.2 Å². The van der Waals surface area contributed by atoms with Crippen LogP contribution in [0.4, 0.5) is 0 Å². The summed E-state index contributed by atoms with van der Waals surface area (Å²) in [5, 5.41) is 8.06. The normalized spacial score (nSPS) is 11.2. The largest absolute Gasteiger partial charge is 0.497 e. The number of aromatic nitrogens is 1. The fourth-order valence-corrected chi connectivity index (χ4v) is 3.20. The van der Waals surface area contributed by atoms with Crippen molar-refractivity contribution in [3.05, 3.63) is 65.4 Å². The van der Waals surface area contributed by atoms with Crippen molar-refractivity contribution >= 4 is 40.8 Å². The summed E-state index contributed by atoms with van der Waals surface area (Å²) >= 11 is 0. The SMILES string of the molecule is CN=C(NCCc1cccc(OC)c1)NCCc1c[nH]c2cc(C)ccc12.I. The Morgan fingerprint density at radius 1 is 1.07 bits per heavy atom. The molecule has 0 saturated heterocycles. The highest BCUT2D eigenvalue weighted by molar-refractivity contribution is 14.0. The Kier molecular flexibility index (Phi) is 8.63. The average Bonchev–Trinajstić information content (AvgIpc) is 3.09. The number of nitrogens with one attached hydrogen (secondary N) is 3. The number of H-pyrrole nitrogens is 1. The van der Waals surface area contributed by atoms with Crippen LogP contribution < -0.4 is 15.4 Å². The second kappa shape index (κ2) is 10.9. The number of guanidine groups is 1. The molecule has 3 N–H and O–H groups in total. The molecule has 0 spiro atoms. The van der Waals surface area contributed by atoms with Crippen molar-refractivity contribution in [1.82, 2.24) is 15.6 Å². The summed E-state index contributed by atoms with van der Waals surface area (Å²) in [6.45, 7) is 3.77. The molecule has 0 radical (unpaired) electrons. The minimum absolute atomic E-state index is 0. The van der Waals surface area contributed by atoms with E-state index in [9.17, 15) is 0 Å². The lowest BCUT2D eigenvalue weighted by molar-refractivity contribution is 0.414. The number of ether oxygens (including phenoxy) is 1. The van der Waals surface area contributed by atoms with E-state index in [1.807, 2.05) is 12.1 Å². The van der Waals surface area contributed by atoms with Crippen molar-refractivity contribution in [2.75, 3.05) is 27.2 Å². The third-order valence-corrected chi connectivity index (χ3v) is 4.67. The maximum atomic E-state index is 5.27. The summed E-state index contributed by atoms with van der Waals surface area (Å²) in [7, 11) is 3.49. The van der Waals surface area contributed by atoms with Gasteiger partial charge in [-0.15, -0.1) is 24.0 Å². The van der Waals surface area contributed by atoms with Gasteiger partial charge < -0.3 is 20.4 Å². The van der Waals surface area contributed by atoms with E-state index in [1.54, 1.807) is 14.2 Å². The minimum Gasteiger partial charge on any atom is -0.497 e. The molecule has 0 fully saturated rings. The first-order valence-corrected chi connectivity index (χ1v) is 9.33. The molecule has 2 aromatic carbocycles. The van der Waals surface area contributed by atoms with E-state index < -0.39 is 0 Å². The molecule has 3 rings (SSSR count). The summed E-state index contributed by atoms with van der Waals surface area (Å²) in [6, 6.07) is 14.7. The van der Waals surface area contributed by atoms with E-state index in [-0.39, 0.29) is 24.0 Å². The standard InChI is InChI=1S/C22H28N4O.HI/c1-16-7-8-20-18(15-26-21(20)13-16)10-12-25-22(23-2)24-11-9-17-5-4-6-19(14-17)27-3;/h4-8,13-15,26H,9-12H2,1-3H3,(H2,23,24,25);1H. The number of fused-ring (bicyclic) bond motifs is 1. The highest BCUT2D eigenvalue weighted by atomic mass is 127. The number of rotatable bonds is 7. The Hall–Kier alpha value is -2.22. The number of nitrogens with zero attached hydrogens (tertiary/aromatic N) is 1. The monoisotopic (exact) mass is 492 g/mol. The van der Waals surface area contributed by atoms with Gasteiger partial charge in [-0.2, -0.15) is 0 Å². The van der Waals surface area contributed by atoms with Crippen molar-refractivity contribution in [2.45, 2.75) is 19.8 Å². The maximum absolute atomic E-state index is 5.27. The van der Waals surface area contributed by atoms with Crippen LogP contribution in [-0.2, 0) is 12.8 Å². The predicted octanol–water partition coefficient (Wildman–Crippen LogP) is 4.05. The van der Waals surface area contributed by atoms with Gasteiger partial charge in [-0.05, 0) is 54.7 Å². The van der Waals surface area contributed by atoms with Crippen LogP contribution in [0, 0.1) is 6.92 Å². The quantitative estimate of drug-likeness (QED) is 0.265. The van der Waals surface area contributed by atoms with E-state index in [2.05, 4.69) is 64.1 Å². The van der Waals surface area contributed by atoms with Crippen LogP contribution in [0.15, 0.2) is 53.7 Å². The first-order valence-electron chi connectivity index (χ1n) is 9.33. The zero-order valence-electron chi connectivity index (χ0n) is 16.7. The third-order valence-electron chi connectivity index (χ3n) is 4.67. The third kappa shape index (κ3) is 5.89. The van der Waals surface area contributed by atoms with Gasteiger partial charge in [-0.1, -0.05) is 24.3 Å². The number of aryl methyl sites for hydroxylation is 1. The zero-order chi connectivity index (χ0) is 19.1. The topological polar surface area (TPSA) is 61.4 Å². The molecule has 28 heavy (non-hydrogen) atoms. The molecule has 0 aliphatic heterocycles. The van der Waals surface area contributed by atoms with Crippen LogP contribution in [0.5, 0.6) is 5.75 Å². The number of hydrogen-bond donors (Lipinski definition) is 3. The van der Waals surface area contributed by atoms with E-state index in [1.165, 1.54) is 27.6 Å². The van der Waals surface area contributed by atoms with Gasteiger partial charge in [0.1, 0.15) is 5.75 Å². The van der Waals surface area contributed by atoms with Crippen molar-refractivity contribution in [2.24, 2.45) is 4.99 Å². The van der Waals surface area contributed by atoms with Gasteiger partial charge in [0.2, 0.25) is 0 Å². The maximum Gasteiger partial charge on any atom is 0.190 e. The molecule has 0 aliphatic rings. The van der Waals surface area contributed by atoms with Crippen molar-refractivity contribution < 1.29 is 4.74 Å². The molecule has 0 amide bonds. The van der Waals surface area contributed by atoms with Crippen molar-refractivity contribution in [1.29, 1.82) is 0 Å². The van der Waals surface area contributed by atoms with Gasteiger partial charge in [0.25, 0.3) is 0 Å². The Balaban J connectivity index is 0.00000280. The summed E-state index contributed by atoms with van der Waals surface area (Å²) < 4.78 is 5.27. The van der Waals surface area contributed by atoms with E-state index in [0.29, 0.717) is 0 Å². The summed E-state index contributed by atoms with van der Waals surface area (Å²) in [5.74, 6) is 1.72. The van der Waals surface area contributed by atoms with Gasteiger partial charge >= 0.3 is 0 Å². The molecule has 0 bridgehead atoms. The number of aliphatic imine (C=N–C) groups is 1. The van der Waals surface area contributed by atoms with Crippen molar-refractivity contribution in [3.8, 4) is 5.75 Å². The second-order valence-corrected chi connectivity index (χ2v) is 6.64. The summed E-state index contributed by atoms with van der Waals surface area (Å²) in [5.41, 5.74) is 5.04. The molecule has 1 heterocycles. The number of halogens is 1. The smallest absolute Gasteiger partial charge is 0.190 e. The Morgan fingerprint density at radius 2 is 1.86 bits per heavy atom. The van der Waals surface area contributed by atoms with E-state index >= 15 is 0 Å². The van der Waals surface area contributed by atoms with Crippen LogP contribution in [0.2, 0.25) is 0 Å². The molecule has 150 valence electrons. The lowest BCUT2D eigenvalue weighted by Gasteiger charge is -2.12. The zero-order valence-corrected chi connectivity index (χ0v) is 19.0. The molecule has 1 aromatic heterocycles. The summed E-state index contributed by atoms with van der Waals surface area (Å²) in [6.07, 6.45) is 3.96. The van der Waals surface area contributed by atoms with Gasteiger partial charge in [0.05, 0.1) is 7.11 Å². The van der Waals surface area contributed by atoms with E-state index in [4.69, 9.17) is 4.74 Å². The number of hydrogen-bond acceptors (Lipinski definition) is 2. The molecular weight excluding hydrogens is 463 g/mol. The highest BCUT2D eigenvalue weighted by Gasteiger charge is 2.04. The van der Waals surface area contributed by atoms with Crippen LogP contribution >= 0.6 is 24.0 Å². The molecular formula is C22H29IN4O. The molecule has 0 aliphatic carbocycles. The molecule has 3 aromatic rings. The molecule has 0 atom stereocenters. The van der Waals surface area contributed by atoms with Gasteiger partial charge in [0.15, 0.2) is 5.96 Å². The molecule has 0 saturated carbocycles. The second-order valence-electron chi connectivity index (χ2n) is 6.64. The average molecular weight is 492 g/mol. The first-order chi connectivity index (χ1) is 13.2. The van der Waals surface area contributed by atoms with Crippen molar-refractivity contribution in [3.63, 3.8) is 0 Å². The lowest BCUT2D eigenvalue weighted by atomic mass is 10.1. The summed E-state index contributed by atoms with van der Waals surface area (Å²) in [4.78, 5) is 7.67. The fraction of sp³-hybridized carbons (Fsp3) is 0.318. The first kappa shape index (κ1) is 22.1. The van der Waals surface area contributed by atoms with Crippen LogP contribution in [0.1, 0.15) is 16.7 Å². The van der Waals surface area contributed by atoms with Gasteiger partial charge in [-0.3, -0.25) is 4.99 Å². The predicted molar refractivity (Wildman–Crippen MR) is 128 cm³/mol. The Bertz CT molecular complexity index is 920. The van der Waals surface area contributed by atoms with Crippen LogP contribution in [0.3, 0.4) is 0 Å². The molecule has 5 nitrogen and oxygen atoms in total. The molecule has 0 unspecified atom stereocenters. The number of aromatic amines is 1. The van der Waals surface area contributed by atoms with Crippen LogP contribution in [0.25, 0.3) is 10.9 Å². The number of benzene rings is 2. The lowest BCUT2D eigenvalue weighted by Crippen LogP contribution is -2.39. The van der Waals surface area contributed by atoms with Gasteiger partial charge in [0, 0.05) is 37.2 Å². The number of methoxy groups -OCH3 is 1. The van der Waals surface area contributed by atoms with E-state index in [0.717, 1.165) is 37.6 Å². The fourth-order valence-electron chi connectivity index (χ4n) is 3.20. The highest BCUT2D eigenvalue weighted by Crippen LogP contribution is 2.19. The molecule has 6 heteroatoms. The Morgan fingerprint density at radius 3 is 2.61 bits per heavy atom. The minimum atomic E-state index is 0.